The Hall–Kier alpha value is -1.94. The van der Waals surface area contributed by atoms with Crippen LogP contribution in [0.4, 0.5) is 0 Å². The molecule has 0 spiro atoms. The largest absolute Gasteiger partial charge is 0.472 e. The van der Waals surface area contributed by atoms with Crippen molar-refractivity contribution in [3.63, 3.8) is 0 Å². The molecule has 0 aliphatic carbocycles. The van der Waals surface area contributed by atoms with Gasteiger partial charge < -0.3 is 33.8 Å². The van der Waals surface area contributed by atoms with E-state index in [-0.39, 0.29) is 25.7 Å². The number of unbranched alkanes of at least 4 members (excludes halogenated alkanes) is 49. The molecule has 2 unspecified atom stereocenters. The van der Waals surface area contributed by atoms with Crippen LogP contribution in [0.3, 0.4) is 0 Å². The van der Waals surface area contributed by atoms with Gasteiger partial charge in [0.2, 0.25) is 0 Å². The van der Waals surface area contributed by atoms with Crippen LogP contribution in [-0.2, 0) is 65.4 Å². The molecule has 3 N–H and O–H groups in total. The molecule has 0 bridgehead atoms. The lowest BCUT2D eigenvalue weighted by molar-refractivity contribution is -0.161. The second-order valence-electron chi connectivity index (χ2n) is 28.2. The Morgan fingerprint density at radius 1 is 0.281 bits per heavy atom. The van der Waals surface area contributed by atoms with E-state index in [2.05, 4.69) is 34.6 Å². The summed E-state index contributed by atoms with van der Waals surface area (Å²) >= 11 is 0. The standard InChI is InChI=1S/C77H150O17P2/c1-6-9-12-15-18-21-24-27-29-32-35-41-46-51-56-61-75(80)88-66-72(93-76(81)62-57-52-47-42-36-33-30-28-25-22-19-16-13-10-7-2)68-91-95(83,84)89-64-71(78)65-90-96(85,86)92-69-73(94-77(82)63-58-53-48-43-38-37-39-44-49-54-59-70(4)5)67-87-74(79)60-55-50-45-40-34-31-26-23-20-17-14-11-8-3/h70-73,78H,6-69H2,1-5H3,(H,83,84)(H,85,86)/t71-,72-,73-/m1/s1. The molecule has 17 nitrogen and oxygen atoms in total. The van der Waals surface area contributed by atoms with Crippen molar-refractivity contribution >= 4 is 39.5 Å². The summed E-state index contributed by atoms with van der Waals surface area (Å²) in [6.07, 6.45) is 59.4. The van der Waals surface area contributed by atoms with Gasteiger partial charge in [0.1, 0.15) is 19.3 Å². The number of phosphoric acid groups is 2. The van der Waals surface area contributed by atoms with Crippen LogP contribution in [0.2, 0.25) is 0 Å². The average molecular weight is 1410 g/mol. The fourth-order valence-corrected chi connectivity index (χ4v) is 13.5. The zero-order valence-corrected chi connectivity index (χ0v) is 64.3. The van der Waals surface area contributed by atoms with Gasteiger partial charge in [0.25, 0.3) is 0 Å². The second kappa shape index (κ2) is 70.1. The summed E-state index contributed by atoms with van der Waals surface area (Å²) in [5.41, 5.74) is 0. The summed E-state index contributed by atoms with van der Waals surface area (Å²) in [5.74, 6) is -1.36. The number of aliphatic hydroxyl groups is 1. The summed E-state index contributed by atoms with van der Waals surface area (Å²) in [5, 5.41) is 10.6. The molecule has 0 fully saturated rings. The smallest absolute Gasteiger partial charge is 0.462 e. The van der Waals surface area contributed by atoms with Crippen LogP contribution >= 0.6 is 15.6 Å². The topological polar surface area (TPSA) is 237 Å². The molecule has 0 aromatic heterocycles. The van der Waals surface area contributed by atoms with E-state index in [1.165, 1.54) is 231 Å². The van der Waals surface area contributed by atoms with Gasteiger partial charge in [-0.15, -0.1) is 0 Å². The van der Waals surface area contributed by atoms with E-state index in [1.54, 1.807) is 0 Å². The molecule has 0 heterocycles. The second-order valence-corrected chi connectivity index (χ2v) is 31.1. The molecular weight excluding hydrogens is 1260 g/mol. The number of rotatable bonds is 77. The molecule has 96 heavy (non-hydrogen) atoms. The number of carbonyl (C=O) groups excluding carboxylic acids is 4. The summed E-state index contributed by atoms with van der Waals surface area (Å²) in [4.78, 5) is 72.9. The Bertz CT molecular complexity index is 1840. The van der Waals surface area contributed by atoms with Crippen molar-refractivity contribution in [3.8, 4) is 0 Å². The summed E-state index contributed by atoms with van der Waals surface area (Å²) in [7, 11) is -9.91. The first kappa shape index (κ1) is 94.1. The first-order valence-electron chi connectivity index (χ1n) is 40.1. The highest BCUT2D eigenvalue weighted by Gasteiger charge is 2.30. The number of esters is 4. The Morgan fingerprint density at radius 2 is 0.479 bits per heavy atom. The van der Waals surface area contributed by atoms with Gasteiger partial charge in [0.15, 0.2) is 12.2 Å². The average Bonchev–Trinajstić information content (AvgIpc) is 2.08. The summed E-state index contributed by atoms with van der Waals surface area (Å²) in [6, 6.07) is 0. The molecular formula is C77H150O17P2. The summed E-state index contributed by atoms with van der Waals surface area (Å²) < 4.78 is 68.6. The van der Waals surface area contributed by atoms with Gasteiger partial charge in [-0.1, -0.05) is 356 Å². The minimum atomic E-state index is -4.96. The molecule has 19 heteroatoms. The van der Waals surface area contributed by atoms with Gasteiger partial charge in [-0.2, -0.15) is 0 Å². The fourth-order valence-electron chi connectivity index (χ4n) is 11.9. The minimum absolute atomic E-state index is 0.107. The molecule has 0 aliphatic rings. The van der Waals surface area contributed by atoms with Crippen LogP contribution in [0.15, 0.2) is 0 Å². The Balaban J connectivity index is 5.26. The van der Waals surface area contributed by atoms with Crippen LogP contribution in [0.1, 0.15) is 407 Å². The highest BCUT2D eigenvalue weighted by atomic mass is 31.2. The van der Waals surface area contributed by atoms with E-state index < -0.39 is 97.5 Å². The Morgan fingerprint density at radius 3 is 0.708 bits per heavy atom. The summed E-state index contributed by atoms with van der Waals surface area (Å²) in [6.45, 7) is 7.30. The van der Waals surface area contributed by atoms with Gasteiger partial charge in [0.05, 0.1) is 26.4 Å². The molecule has 0 aliphatic heterocycles. The third-order valence-electron chi connectivity index (χ3n) is 18.0. The van der Waals surface area contributed by atoms with Crippen molar-refractivity contribution in [1.29, 1.82) is 0 Å². The zero-order valence-electron chi connectivity index (χ0n) is 62.5. The molecule has 0 radical (unpaired) electrons. The lowest BCUT2D eigenvalue weighted by Crippen LogP contribution is -2.30. The van der Waals surface area contributed by atoms with E-state index >= 15 is 0 Å². The highest BCUT2D eigenvalue weighted by Crippen LogP contribution is 2.45. The van der Waals surface area contributed by atoms with E-state index in [9.17, 15) is 43.2 Å². The first-order valence-corrected chi connectivity index (χ1v) is 43.1. The molecule has 0 amide bonds. The highest BCUT2D eigenvalue weighted by molar-refractivity contribution is 7.47. The zero-order chi connectivity index (χ0) is 70.5. The van der Waals surface area contributed by atoms with Gasteiger partial charge in [0, 0.05) is 25.7 Å². The van der Waals surface area contributed by atoms with Crippen molar-refractivity contribution in [1.82, 2.24) is 0 Å². The van der Waals surface area contributed by atoms with Crippen molar-refractivity contribution in [2.45, 2.75) is 425 Å². The fraction of sp³-hybridized carbons (Fsp3) is 0.948. The molecule has 0 rings (SSSR count). The number of ether oxygens (including phenoxy) is 4. The van der Waals surface area contributed by atoms with Crippen LogP contribution in [0.25, 0.3) is 0 Å². The monoisotopic (exact) mass is 1410 g/mol. The van der Waals surface area contributed by atoms with E-state index in [1.807, 2.05) is 0 Å². The molecule has 5 atom stereocenters. The first-order chi connectivity index (χ1) is 46.5. The third kappa shape index (κ3) is 70.5. The number of hydrogen-bond donors (Lipinski definition) is 3. The maximum absolute atomic E-state index is 13.1. The Labute approximate surface area is 588 Å². The molecule has 0 aromatic carbocycles. The quantitative estimate of drug-likeness (QED) is 0.0222. The van der Waals surface area contributed by atoms with Crippen LogP contribution in [0.5, 0.6) is 0 Å². The van der Waals surface area contributed by atoms with Crippen molar-refractivity contribution in [3.05, 3.63) is 0 Å². The number of carbonyl (C=O) groups is 4. The van der Waals surface area contributed by atoms with Crippen LogP contribution < -0.4 is 0 Å². The Kier molecular flexibility index (Phi) is 68.7. The molecule has 0 saturated heterocycles. The van der Waals surface area contributed by atoms with Crippen molar-refractivity contribution in [2.24, 2.45) is 5.92 Å². The van der Waals surface area contributed by atoms with Crippen molar-refractivity contribution in [2.75, 3.05) is 39.6 Å². The molecule has 570 valence electrons. The normalized spacial score (nSPS) is 13.9. The van der Waals surface area contributed by atoms with Gasteiger partial charge >= 0.3 is 39.5 Å². The number of hydrogen-bond acceptors (Lipinski definition) is 15. The lowest BCUT2D eigenvalue weighted by atomic mass is 10.0. The predicted octanol–water partition coefficient (Wildman–Crippen LogP) is 22.9. The van der Waals surface area contributed by atoms with Crippen LogP contribution in [0, 0.1) is 5.92 Å². The number of phosphoric ester groups is 2. The van der Waals surface area contributed by atoms with E-state index in [4.69, 9.17) is 37.0 Å². The lowest BCUT2D eigenvalue weighted by Gasteiger charge is -2.21. The maximum Gasteiger partial charge on any atom is 0.472 e. The maximum atomic E-state index is 13.1. The molecule has 0 saturated carbocycles. The molecule has 0 aromatic rings. The van der Waals surface area contributed by atoms with Crippen molar-refractivity contribution < 1.29 is 80.2 Å². The van der Waals surface area contributed by atoms with Gasteiger partial charge in [-0.05, 0) is 31.6 Å². The number of aliphatic hydroxyl groups excluding tert-OH is 1. The predicted molar refractivity (Wildman–Crippen MR) is 391 cm³/mol. The van der Waals surface area contributed by atoms with E-state index in [0.717, 1.165) is 95.8 Å². The SMILES string of the molecule is CCCCCCCCCCCCCCCCCC(=O)OC[C@H](COP(=O)(O)OC[C@@H](O)COP(=O)(O)OC[C@@H](COC(=O)CCCCCCCCCCCCCCC)OC(=O)CCCCCCCCCCCCC(C)C)OC(=O)CCCCCCCCCCCCCCCCC. The minimum Gasteiger partial charge on any atom is -0.462 e. The van der Waals surface area contributed by atoms with Gasteiger partial charge in [-0.3, -0.25) is 37.3 Å². The third-order valence-corrected chi connectivity index (χ3v) is 19.9. The van der Waals surface area contributed by atoms with E-state index in [0.29, 0.717) is 25.7 Å². The van der Waals surface area contributed by atoms with Gasteiger partial charge in [-0.25, -0.2) is 9.13 Å². The van der Waals surface area contributed by atoms with Crippen LogP contribution in [-0.4, -0.2) is 96.7 Å².